The zero-order chi connectivity index (χ0) is 14.0. The van der Waals surface area contributed by atoms with Crippen LogP contribution in [0.2, 0.25) is 5.02 Å². The summed E-state index contributed by atoms with van der Waals surface area (Å²) in [5.74, 6) is 0.225. The van der Waals surface area contributed by atoms with Gasteiger partial charge in [-0.15, -0.1) is 0 Å². The van der Waals surface area contributed by atoms with Gasteiger partial charge in [0.2, 0.25) is 0 Å². The van der Waals surface area contributed by atoms with Crippen molar-refractivity contribution < 1.29 is 5.11 Å². The van der Waals surface area contributed by atoms with Crippen molar-refractivity contribution in [2.45, 2.75) is 26.8 Å². The number of phenols is 1. The normalized spacial score (nSPS) is 19.4. The number of nitrogens with zero attached hydrogens (tertiary/aromatic N) is 1. The molecule has 1 saturated heterocycles. The number of para-hydroxylation sites is 1. The Hall–Kier alpha value is -0.770. The molecule has 1 aliphatic rings. The van der Waals surface area contributed by atoms with Gasteiger partial charge in [-0.2, -0.15) is 0 Å². The summed E-state index contributed by atoms with van der Waals surface area (Å²) in [7, 11) is 0. The van der Waals surface area contributed by atoms with Crippen molar-refractivity contribution in [1.29, 1.82) is 0 Å². The minimum absolute atomic E-state index is 0.0412. The Kier molecular flexibility index (Phi) is 4.39. The van der Waals surface area contributed by atoms with Crippen molar-refractivity contribution in [3.8, 4) is 5.75 Å². The summed E-state index contributed by atoms with van der Waals surface area (Å²) >= 11 is 6.07. The van der Waals surface area contributed by atoms with E-state index in [0.29, 0.717) is 5.02 Å². The van der Waals surface area contributed by atoms with Crippen LogP contribution in [0.25, 0.3) is 0 Å². The smallest absolute Gasteiger partial charge is 0.138 e. The van der Waals surface area contributed by atoms with Crippen molar-refractivity contribution in [1.82, 2.24) is 10.2 Å². The minimum Gasteiger partial charge on any atom is -0.506 e. The molecular formula is C15H23ClN2O. The van der Waals surface area contributed by atoms with Crippen LogP contribution < -0.4 is 5.32 Å². The van der Waals surface area contributed by atoms with Gasteiger partial charge in [0.1, 0.15) is 5.75 Å². The number of aromatic hydroxyl groups is 1. The van der Waals surface area contributed by atoms with Crippen LogP contribution in [0.5, 0.6) is 5.75 Å². The summed E-state index contributed by atoms with van der Waals surface area (Å²) in [5, 5.41) is 14.1. The van der Waals surface area contributed by atoms with Crippen molar-refractivity contribution in [2.24, 2.45) is 5.41 Å². The molecule has 19 heavy (non-hydrogen) atoms. The van der Waals surface area contributed by atoms with E-state index >= 15 is 0 Å². The maximum Gasteiger partial charge on any atom is 0.138 e. The van der Waals surface area contributed by atoms with Crippen molar-refractivity contribution in [2.75, 3.05) is 26.2 Å². The first-order valence-corrected chi connectivity index (χ1v) is 7.21. The van der Waals surface area contributed by atoms with Crippen LogP contribution in [0.15, 0.2) is 18.2 Å². The van der Waals surface area contributed by atoms with Gasteiger partial charge in [-0.05, 0) is 11.5 Å². The Morgan fingerprint density at radius 1 is 1.26 bits per heavy atom. The fourth-order valence-electron chi connectivity index (χ4n) is 2.90. The number of rotatable bonds is 2. The molecule has 1 aromatic rings. The van der Waals surface area contributed by atoms with Gasteiger partial charge in [0.15, 0.2) is 0 Å². The molecule has 4 heteroatoms. The van der Waals surface area contributed by atoms with E-state index in [1.807, 2.05) is 12.1 Å². The van der Waals surface area contributed by atoms with E-state index in [2.05, 4.69) is 31.0 Å². The molecule has 2 N–H and O–H groups in total. The predicted molar refractivity (Wildman–Crippen MR) is 79.8 cm³/mol. The molecule has 2 rings (SSSR count). The zero-order valence-electron chi connectivity index (χ0n) is 11.9. The first-order valence-electron chi connectivity index (χ1n) is 6.83. The lowest BCUT2D eigenvalue weighted by Gasteiger charge is -2.42. The number of phenolic OH excluding ortho intramolecular Hbond substituents is 1. The summed E-state index contributed by atoms with van der Waals surface area (Å²) in [4.78, 5) is 2.43. The second kappa shape index (κ2) is 5.70. The molecule has 1 heterocycles. The van der Waals surface area contributed by atoms with Gasteiger partial charge < -0.3 is 10.4 Å². The van der Waals surface area contributed by atoms with E-state index in [-0.39, 0.29) is 17.2 Å². The van der Waals surface area contributed by atoms with Crippen LogP contribution in [0.4, 0.5) is 0 Å². The molecule has 0 spiro atoms. The number of hydrogen-bond donors (Lipinski definition) is 2. The maximum absolute atomic E-state index is 10.3. The molecule has 0 unspecified atom stereocenters. The average molecular weight is 283 g/mol. The minimum atomic E-state index is 0.0412. The van der Waals surface area contributed by atoms with Gasteiger partial charge in [-0.1, -0.05) is 44.5 Å². The predicted octanol–water partition coefficient (Wildman–Crippen LogP) is 3.04. The molecule has 1 atom stereocenters. The fourth-order valence-corrected chi connectivity index (χ4v) is 3.09. The maximum atomic E-state index is 10.3. The lowest BCUT2D eigenvalue weighted by atomic mass is 9.80. The quantitative estimate of drug-likeness (QED) is 0.875. The van der Waals surface area contributed by atoms with Crippen molar-refractivity contribution in [3.63, 3.8) is 0 Å². The third-order valence-corrected chi connectivity index (χ3v) is 3.95. The standard InChI is InChI=1S/C15H23ClN2O/c1-15(2,3)14(18-9-7-17-8-10-18)11-5-4-6-12(16)13(11)19/h4-6,14,17,19H,7-10H2,1-3H3/t14-/m0/s1. The molecule has 1 aromatic carbocycles. The van der Waals surface area contributed by atoms with E-state index in [0.717, 1.165) is 31.7 Å². The topological polar surface area (TPSA) is 35.5 Å². The highest BCUT2D eigenvalue weighted by Crippen LogP contribution is 2.43. The highest BCUT2D eigenvalue weighted by atomic mass is 35.5. The highest BCUT2D eigenvalue weighted by molar-refractivity contribution is 6.32. The Morgan fingerprint density at radius 3 is 2.47 bits per heavy atom. The fraction of sp³-hybridized carbons (Fsp3) is 0.600. The summed E-state index contributed by atoms with van der Waals surface area (Å²) < 4.78 is 0. The molecule has 1 fully saturated rings. The van der Waals surface area contributed by atoms with Gasteiger partial charge >= 0.3 is 0 Å². The Bertz CT molecular complexity index is 436. The molecule has 0 aromatic heterocycles. The molecule has 0 radical (unpaired) electrons. The Balaban J connectivity index is 2.40. The molecular weight excluding hydrogens is 260 g/mol. The van der Waals surface area contributed by atoms with E-state index in [1.165, 1.54) is 0 Å². The van der Waals surface area contributed by atoms with Gasteiger partial charge in [0.25, 0.3) is 0 Å². The van der Waals surface area contributed by atoms with E-state index in [9.17, 15) is 5.11 Å². The summed E-state index contributed by atoms with van der Waals surface area (Å²) in [6.07, 6.45) is 0. The second-order valence-corrected chi connectivity index (χ2v) is 6.64. The van der Waals surface area contributed by atoms with Crippen LogP contribution >= 0.6 is 11.6 Å². The van der Waals surface area contributed by atoms with Gasteiger partial charge in [0, 0.05) is 37.8 Å². The lowest BCUT2D eigenvalue weighted by molar-refractivity contribution is 0.0842. The van der Waals surface area contributed by atoms with Gasteiger partial charge in [-0.3, -0.25) is 4.90 Å². The molecule has 0 amide bonds. The first kappa shape index (κ1) is 14.6. The van der Waals surface area contributed by atoms with Crippen LogP contribution in [0.3, 0.4) is 0 Å². The van der Waals surface area contributed by atoms with E-state index < -0.39 is 0 Å². The van der Waals surface area contributed by atoms with Crippen molar-refractivity contribution in [3.05, 3.63) is 28.8 Å². The molecule has 106 valence electrons. The highest BCUT2D eigenvalue weighted by Gasteiger charge is 2.34. The first-order chi connectivity index (χ1) is 8.91. The molecule has 1 aliphatic heterocycles. The molecule has 3 nitrogen and oxygen atoms in total. The average Bonchev–Trinajstić information content (AvgIpc) is 2.35. The Morgan fingerprint density at radius 2 is 1.89 bits per heavy atom. The van der Waals surface area contributed by atoms with Crippen molar-refractivity contribution >= 4 is 11.6 Å². The van der Waals surface area contributed by atoms with E-state index in [1.54, 1.807) is 6.07 Å². The largest absolute Gasteiger partial charge is 0.506 e. The van der Waals surface area contributed by atoms with E-state index in [4.69, 9.17) is 11.6 Å². The third-order valence-electron chi connectivity index (χ3n) is 3.65. The number of piperazine rings is 1. The molecule has 0 bridgehead atoms. The zero-order valence-corrected chi connectivity index (χ0v) is 12.7. The number of nitrogens with one attached hydrogen (secondary N) is 1. The third kappa shape index (κ3) is 3.22. The lowest BCUT2D eigenvalue weighted by Crippen LogP contribution is -2.48. The molecule has 0 saturated carbocycles. The van der Waals surface area contributed by atoms with Crippen LogP contribution in [-0.4, -0.2) is 36.2 Å². The second-order valence-electron chi connectivity index (χ2n) is 6.23. The van der Waals surface area contributed by atoms with Crippen LogP contribution in [0, 0.1) is 5.41 Å². The van der Waals surface area contributed by atoms with Crippen LogP contribution in [0.1, 0.15) is 32.4 Å². The summed E-state index contributed by atoms with van der Waals surface area (Å²) in [6, 6.07) is 5.81. The van der Waals surface area contributed by atoms with Gasteiger partial charge in [0.05, 0.1) is 5.02 Å². The van der Waals surface area contributed by atoms with Crippen LogP contribution in [-0.2, 0) is 0 Å². The number of halogens is 1. The monoisotopic (exact) mass is 282 g/mol. The number of hydrogen-bond acceptors (Lipinski definition) is 3. The Labute approximate surface area is 120 Å². The molecule has 0 aliphatic carbocycles. The number of benzene rings is 1. The van der Waals surface area contributed by atoms with Gasteiger partial charge in [-0.25, -0.2) is 0 Å². The SMILES string of the molecule is CC(C)(C)[C@H](c1cccc(Cl)c1O)N1CCNCC1. The summed E-state index contributed by atoms with van der Waals surface area (Å²) in [5.41, 5.74) is 0.973. The summed E-state index contributed by atoms with van der Waals surface area (Å²) in [6.45, 7) is 10.6.